The summed E-state index contributed by atoms with van der Waals surface area (Å²) in [5, 5.41) is 13.0. The highest BCUT2D eigenvalue weighted by Gasteiger charge is 2.32. The van der Waals surface area contributed by atoms with Gasteiger partial charge in [-0.25, -0.2) is 8.78 Å². The van der Waals surface area contributed by atoms with Crippen LogP contribution in [-0.2, 0) is 11.3 Å². The fraction of sp³-hybridized carbons (Fsp3) is 0.667. The molecule has 23 heavy (non-hydrogen) atoms. The van der Waals surface area contributed by atoms with Crippen LogP contribution in [0.4, 0.5) is 8.78 Å². The first-order valence-corrected chi connectivity index (χ1v) is 7.67. The summed E-state index contributed by atoms with van der Waals surface area (Å²) >= 11 is 0. The molecule has 1 N–H and O–H groups in total. The van der Waals surface area contributed by atoms with Gasteiger partial charge in [-0.3, -0.25) is 14.3 Å². The summed E-state index contributed by atoms with van der Waals surface area (Å²) in [7, 11) is 0. The molecule has 1 atom stereocenters. The van der Waals surface area contributed by atoms with Crippen LogP contribution < -0.4 is 0 Å². The van der Waals surface area contributed by atoms with Gasteiger partial charge in [-0.05, 0) is 18.8 Å². The van der Waals surface area contributed by atoms with Crippen molar-refractivity contribution in [3.63, 3.8) is 0 Å². The zero-order valence-corrected chi connectivity index (χ0v) is 13.2. The molecule has 1 fully saturated rings. The van der Waals surface area contributed by atoms with E-state index in [0.717, 1.165) is 6.20 Å². The molecule has 8 heteroatoms. The number of aromatic nitrogens is 2. The van der Waals surface area contributed by atoms with E-state index < -0.39 is 24.2 Å². The van der Waals surface area contributed by atoms with Gasteiger partial charge in [0.05, 0.1) is 17.7 Å². The molecule has 0 aromatic carbocycles. The Bertz CT molecular complexity index is 587. The van der Waals surface area contributed by atoms with E-state index in [2.05, 4.69) is 5.10 Å². The summed E-state index contributed by atoms with van der Waals surface area (Å²) in [5.41, 5.74) is -0.521. The molecule has 1 aliphatic rings. The Morgan fingerprint density at radius 2 is 2.13 bits per heavy atom. The van der Waals surface area contributed by atoms with Crippen molar-refractivity contribution in [2.24, 2.45) is 11.8 Å². The second-order valence-corrected chi connectivity index (χ2v) is 6.25. The lowest BCUT2D eigenvalue weighted by Gasteiger charge is -2.30. The number of hydrogen-bond acceptors (Lipinski definition) is 3. The lowest BCUT2D eigenvalue weighted by Crippen LogP contribution is -2.42. The van der Waals surface area contributed by atoms with E-state index in [9.17, 15) is 18.4 Å². The minimum atomic E-state index is -2.81. The Labute approximate surface area is 133 Å². The third-order valence-corrected chi connectivity index (χ3v) is 3.91. The molecule has 0 aliphatic carbocycles. The number of carbonyl (C=O) groups excluding carboxylic acids is 1. The van der Waals surface area contributed by atoms with Gasteiger partial charge >= 0.3 is 5.97 Å². The molecule has 1 aromatic rings. The molecule has 0 spiro atoms. The Hall–Kier alpha value is -1.99. The van der Waals surface area contributed by atoms with Crippen molar-refractivity contribution in [2.45, 2.75) is 39.7 Å². The molecule has 0 bridgehead atoms. The topological polar surface area (TPSA) is 75.4 Å². The highest BCUT2D eigenvalue weighted by atomic mass is 19.3. The van der Waals surface area contributed by atoms with Crippen molar-refractivity contribution in [3.05, 3.63) is 17.5 Å². The first-order chi connectivity index (χ1) is 10.8. The molecule has 0 saturated carbocycles. The van der Waals surface area contributed by atoms with Gasteiger partial charge in [0.2, 0.25) is 0 Å². The fourth-order valence-corrected chi connectivity index (χ4v) is 2.81. The van der Waals surface area contributed by atoms with E-state index in [1.165, 1.54) is 9.58 Å². The Kier molecular flexibility index (Phi) is 5.33. The summed E-state index contributed by atoms with van der Waals surface area (Å²) < 4.78 is 27.9. The molecule has 1 aromatic heterocycles. The minimum Gasteiger partial charge on any atom is -0.481 e. The number of hydrogen-bond donors (Lipinski definition) is 1. The quantitative estimate of drug-likeness (QED) is 0.900. The third kappa shape index (κ3) is 3.86. The van der Waals surface area contributed by atoms with Crippen molar-refractivity contribution >= 4 is 11.9 Å². The van der Waals surface area contributed by atoms with Gasteiger partial charge in [0.15, 0.2) is 0 Å². The Morgan fingerprint density at radius 3 is 2.70 bits per heavy atom. The van der Waals surface area contributed by atoms with Crippen LogP contribution in [0.15, 0.2) is 6.20 Å². The molecule has 2 rings (SSSR count). The number of aliphatic carboxylic acids is 1. The van der Waals surface area contributed by atoms with Crippen molar-refractivity contribution < 1.29 is 23.5 Å². The molecular formula is C15H21F2N3O3. The van der Waals surface area contributed by atoms with Gasteiger partial charge < -0.3 is 10.0 Å². The average Bonchev–Trinajstić information content (AvgIpc) is 2.89. The average molecular weight is 329 g/mol. The van der Waals surface area contributed by atoms with Crippen LogP contribution in [0.3, 0.4) is 0 Å². The first-order valence-electron chi connectivity index (χ1n) is 7.67. The molecule has 0 unspecified atom stereocenters. The van der Waals surface area contributed by atoms with Crippen molar-refractivity contribution in [1.82, 2.24) is 14.7 Å². The van der Waals surface area contributed by atoms with Crippen LogP contribution in [0.2, 0.25) is 0 Å². The van der Waals surface area contributed by atoms with Crippen LogP contribution in [0.1, 0.15) is 49.2 Å². The van der Waals surface area contributed by atoms with Crippen molar-refractivity contribution in [3.8, 4) is 0 Å². The second kappa shape index (κ2) is 7.06. The molecule has 1 amide bonds. The maximum absolute atomic E-state index is 13.4. The highest BCUT2D eigenvalue weighted by Crippen LogP contribution is 2.26. The van der Waals surface area contributed by atoms with Gasteiger partial charge in [0.1, 0.15) is 5.69 Å². The molecule has 2 heterocycles. The number of piperidine rings is 1. The van der Waals surface area contributed by atoms with E-state index in [0.29, 0.717) is 25.9 Å². The second-order valence-electron chi connectivity index (χ2n) is 6.25. The van der Waals surface area contributed by atoms with Gasteiger partial charge in [0, 0.05) is 19.6 Å². The zero-order valence-electron chi connectivity index (χ0n) is 13.2. The number of carboxylic acids is 1. The molecule has 1 aliphatic heterocycles. The van der Waals surface area contributed by atoms with Crippen LogP contribution in [0.25, 0.3) is 0 Å². The normalized spacial score (nSPS) is 18.7. The summed E-state index contributed by atoms with van der Waals surface area (Å²) in [4.78, 5) is 25.0. The Morgan fingerprint density at radius 1 is 1.43 bits per heavy atom. The monoisotopic (exact) mass is 329 g/mol. The molecule has 6 nitrogen and oxygen atoms in total. The standard InChI is InChI=1S/C15H21F2N3O3/c1-9(2)7-20-12(13(16)17)11(6-18-20)14(21)19-5-3-4-10(8-19)15(22)23/h6,9-10,13H,3-5,7-8H2,1-2H3,(H,22,23)/t10-/m0/s1. The number of alkyl halides is 2. The Balaban J connectivity index is 2.25. The number of carbonyl (C=O) groups is 2. The smallest absolute Gasteiger partial charge is 0.308 e. The number of amides is 1. The lowest BCUT2D eigenvalue weighted by molar-refractivity contribution is -0.143. The van der Waals surface area contributed by atoms with E-state index >= 15 is 0 Å². The molecular weight excluding hydrogens is 308 g/mol. The fourth-order valence-electron chi connectivity index (χ4n) is 2.81. The van der Waals surface area contributed by atoms with Crippen molar-refractivity contribution in [1.29, 1.82) is 0 Å². The maximum Gasteiger partial charge on any atom is 0.308 e. The van der Waals surface area contributed by atoms with Crippen LogP contribution in [-0.4, -0.2) is 44.8 Å². The van der Waals surface area contributed by atoms with Crippen LogP contribution >= 0.6 is 0 Å². The SMILES string of the molecule is CC(C)Cn1ncc(C(=O)N2CCC[C@H](C(=O)O)C2)c1C(F)F. The van der Waals surface area contributed by atoms with E-state index in [4.69, 9.17) is 5.11 Å². The predicted octanol–water partition coefficient (Wildman–Crippen LogP) is 2.41. The van der Waals surface area contributed by atoms with Crippen LogP contribution in [0, 0.1) is 11.8 Å². The first kappa shape index (κ1) is 17.4. The van der Waals surface area contributed by atoms with Gasteiger partial charge in [-0.2, -0.15) is 5.10 Å². The van der Waals surface area contributed by atoms with Gasteiger partial charge in [0.25, 0.3) is 12.3 Å². The van der Waals surface area contributed by atoms with E-state index in [-0.39, 0.29) is 23.7 Å². The molecule has 1 saturated heterocycles. The minimum absolute atomic E-state index is 0.0478. The third-order valence-electron chi connectivity index (χ3n) is 3.91. The number of rotatable bonds is 5. The lowest BCUT2D eigenvalue weighted by atomic mass is 9.97. The summed E-state index contributed by atoms with van der Waals surface area (Å²) in [6.45, 7) is 4.47. The number of nitrogens with zero attached hydrogens (tertiary/aromatic N) is 3. The van der Waals surface area contributed by atoms with E-state index in [1.807, 2.05) is 13.8 Å². The number of carboxylic acid groups (broad SMARTS) is 1. The van der Waals surface area contributed by atoms with Gasteiger partial charge in [-0.1, -0.05) is 13.8 Å². The number of likely N-dealkylation sites (tertiary alicyclic amines) is 1. The van der Waals surface area contributed by atoms with Crippen LogP contribution in [0.5, 0.6) is 0 Å². The maximum atomic E-state index is 13.4. The van der Waals surface area contributed by atoms with Gasteiger partial charge in [-0.15, -0.1) is 0 Å². The highest BCUT2D eigenvalue weighted by molar-refractivity contribution is 5.95. The predicted molar refractivity (Wildman–Crippen MR) is 78.3 cm³/mol. The zero-order chi connectivity index (χ0) is 17.1. The van der Waals surface area contributed by atoms with Crippen molar-refractivity contribution in [2.75, 3.05) is 13.1 Å². The summed E-state index contributed by atoms with van der Waals surface area (Å²) in [6, 6.07) is 0. The summed E-state index contributed by atoms with van der Waals surface area (Å²) in [5.74, 6) is -2.07. The van der Waals surface area contributed by atoms with E-state index in [1.54, 1.807) is 0 Å². The molecule has 0 radical (unpaired) electrons. The number of halogens is 2. The summed E-state index contributed by atoms with van der Waals surface area (Å²) in [6.07, 6.45) is -0.605. The molecule has 128 valence electrons. The largest absolute Gasteiger partial charge is 0.481 e.